The normalized spacial score (nSPS) is 25.1. The van der Waals surface area contributed by atoms with Crippen LogP contribution in [0, 0.1) is 5.92 Å². The lowest BCUT2D eigenvalue weighted by Gasteiger charge is -2.37. The molecule has 1 aromatic heterocycles. The van der Waals surface area contributed by atoms with Crippen LogP contribution in [0.4, 0.5) is 0 Å². The number of carbonyl (C=O) groups excluding carboxylic acids is 1. The fraction of sp³-hybridized carbons (Fsp3) is 0.444. The highest BCUT2D eigenvalue weighted by molar-refractivity contribution is 5.81. The maximum atomic E-state index is 12.4. The highest BCUT2D eigenvalue weighted by atomic mass is 16.1. The summed E-state index contributed by atoms with van der Waals surface area (Å²) in [7, 11) is 0. The number of pyridine rings is 1. The number of para-hydroxylation sites is 1. The monoisotopic (exact) mass is 297 g/mol. The van der Waals surface area contributed by atoms with Crippen LogP contribution in [0.15, 0.2) is 36.5 Å². The number of hydrogen-bond donors (Lipinski definition) is 2. The van der Waals surface area contributed by atoms with Gasteiger partial charge < -0.3 is 11.1 Å². The van der Waals surface area contributed by atoms with Gasteiger partial charge in [0.1, 0.15) is 0 Å². The summed E-state index contributed by atoms with van der Waals surface area (Å²) < 4.78 is 0. The van der Waals surface area contributed by atoms with Crippen LogP contribution >= 0.6 is 0 Å². The summed E-state index contributed by atoms with van der Waals surface area (Å²) in [5.74, 6) is -0.0208. The van der Waals surface area contributed by atoms with E-state index < -0.39 is 0 Å². The summed E-state index contributed by atoms with van der Waals surface area (Å²) in [6.07, 6.45) is 5.83. The van der Waals surface area contributed by atoms with Crippen LogP contribution in [-0.4, -0.2) is 16.4 Å². The number of nitrogens with two attached hydrogens (primary N) is 1. The molecule has 2 atom stereocenters. The number of hydrogen-bond acceptors (Lipinski definition) is 3. The van der Waals surface area contributed by atoms with Crippen LogP contribution in [0.2, 0.25) is 0 Å². The molecule has 0 saturated heterocycles. The number of nitrogens with zero attached hydrogens (tertiary/aromatic N) is 1. The molecule has 0 spiro atoms. The Bertz CT molecular complexity index is 681. The van der Waals surface area contributed by atoms with E-state index in [1.165, 1.54) is 0 Å². The SMILES string of the molecule is CC1(N)CCCCC1C(=O)NCc1cnc2ccccc2c1. The Labute approximate surface area is 131 Å². The molecule has 4 nitrogen and oxygen atoms in total. The summed E-state index contributed by atoms with van der Waals surface area (Å²) in [6, 6.07) is 10.1. The second-order valence-electron chi connectivity index (χ2n) is 6.56. The van der Waals surface area contributed by atoms with Crippen LogP contribution < -0.4 is 11.1 Å². The number of benzene rings is 1. The van der Waals surface area contributed by atoms with Gasteiger partial charge in [-0.2, -0.15) is 0 Å². The van der Waals surface area contributed by atoms with E-state index in [2.05, 4.69) is 16.4 Å². The molecule has 1 amide bonds. The predicted molar refractivity (Wildman–Crippen MR) is 88.1 cm³/mol. The van der Waals surface area contributed by atoms with Crippen molar-refractivity contribution >= 4 is 16.8 Å². The second-order valence-corrected chi connectivity index (χ2v) is 6.56. The third kappa shape index (κ3) is 3.12. The van der Waals surface area contributed by atoms with E-state index in [1.54, 1.807) is 0 Å². The minimum absolute atomic E-state index is 0.0675. The number of aromatic nitrogens is 1. The zero-order chi connectivity index (χ0) is 15.6. The Morgan fingerprint density at radius 1 is 1.41 bits per heavy atom. The van der Waals surface area contributed by atoms with Crippen LogP contribution in [0.1, 0.15) is 38.2 Å². The number of carbonyl (C=O) groups is 1. The molecule has 2 aromatic rings. The fourth-order valence-electron chi connectivity index (χ4n) is 3.31. The lowest BCUT2D eigenvalue weighted by Crippen LogP contribution is -2.52. The van der Waals surface area contributed by atoms with Crippen molar-refractivity contribution in [1.29, 1.82) is 0 Å². The number of amides is 1. The van der Waals surface area contributed by atoms with Gasteiger partial charge in [0.15, 0.2) is 0 Å². The quantitative estimate of drug-likeness (QED) is 0.915. The molecule has 3 rings (SSSR count). The van der Waals surface area contributed by atoms with Crippen molar-refractivity contribution in [3.63, 3.8) is 0 Å². The number of nitrogens with one attached hydrogen (secondary N) is 1. The first-order valence-electron chi connectivity index (χ1n) is 7.96. The van der Waals surface area contributed by atoms with Crippen LogP contribution in [-0.2, 0) is 11.3 Å². The Hall–Kier alpha value is -1.94. The van der Waals surface area contributed by atoms with Crippen LogP contribution in [0.25, 0.3) is 10.9 Å². The van der Waals surface area contributed by atoms with Crippen molar-refractivity contribution < 1.29 is 4.79 Å². The third-order valence-corrected chi connectivity index (χ3v) is 4.68. The van der Waals surface area contributed by atoms with Gasteiger partial charge in [-0.3, -0.25) is 9.78 Å². The summed E-state index contributed by atoms with van der Waals surface area (Å²) in [5.41, 5.74) is 7.90. The molecule has 0 radical (unpaired) electrons. The molecule has 1 heterocycles. The van der Waals surface area contributed by atoms with Gasteiger partial charge in [-0.25, -0.2) is 0 Å². The average Bonchev–Trinajstić information content (AvgIpc) is 2.52. The van der Waals surface area contributed by atoms with Crippen molar-refractivity contribution in [2.45, 2.75) is 44.7 Å². The molecule has 0 bridgehead atoms. The van der Waals surface area contributed by atoms with Gasteiger partial charge in [-0.15, -0.1) is 0 Å². The summed E-state index contributed by atoms with van der Waals surface area (Å²) in [4.78, 5) is 16.9. The minimum atomic E-state index is -0.385. The first kappa shape index (κ1) is 15.0. The van der Waals surface area contributed by atoms with Gasteiger partial charge in [0.2, 0.25) is 5.91 Å². The number of fused-ring (bicyclic) bond motifs is 1. The molecule has 4 heteroatoms. The van der Waals surface area contributed by atoms with Gasteiger partial charge in [-0.1, -0.05) is 31.0 Å². The summed E-state index contributed by atoms with van der Waals surface area (Å²) in [6.45, 7) is 2.50. The van der Waals surface area contributed by atoms with Gasteiger partial charge in [0.05, 0.1) is 11.4 Å². The Morgan fingerprint density at radius 3 is 3.05 bits per heavy atom. The van der Waals surface area contributed by atoms with E-state index in [0.29, 0.717) is 6.54 Å². The van der Waals surface area contributed by atoms with Gasteiger partial charge >= 0.3 is 0 Å². The molecule has 116 valence electrons. The van der Waals surface area contributed by atoms with E-state index in [9.17, 15) is 4.79 Å². The van der Waals surface area contributed by atoms with E-state index >= 15 is 0 Å². The smallest absolute Gasteiger partial charge is 0.225 e. The minimum Gasteiger partial charge on any atom is -0.352 e. The molecule has 1 aromatic carbocycles. The van der Waals surface area contributed by atoms with E-state index in [-0.39, 0.29) is 17.4 Å². The topological polar surface area (TPSA) is 68.0 Å². The van der Waals surface area contributed by atoms with Gasteiger partial charge in [0.25, 0.3) is 0 Å². The summed E-state index contributed by atoms with van der Waals surface area (Å²) >= 11 is 0. The molecule has 3 N–H and O–H groups in total. The van der Waals surface area contributed by atoms with Gasteiger partial charge in [-0.05, 0) is 37.5 Å². The molecule has 1 fully saturated rings. The average molecular weight is 297 g/mol. The van der Waals surface area contributed by atoms with E-state index in [4.69, 9.17) is 5.73 Å². The highest BCUT2D eigenvalue weighted by Gasteiger charge is 2.37. The van der Waals surface area contributed by atoms with Crippen molar-refractivity contribution in [3.05, 3.63) is 42.1 Å². The highest BCUT2D eigenvalue weighted by Crippen LogP contribution is 2.31. The largest absolute Gasteiger partial charge is 0.352 e. The Kier molecular flexibility index (Phi) is 4.12. The lowest BCUT2D eigenvalue weighted by molar-refractivity contribution is -0.128. The molecule has 0 aliphatic heterocycles. The van der Waals surface area contributed by atoms with Crippen molar-refractivity contribution in [2.75, 3.05) is 0 Å². The van der Waals surface area contributed by atoms with Crippen molar-refractivity contribution in [2.24, 2.45) is 11.7 Å². The van der Waals surface area contributed by atoms with E-state index in [1.807, 2.05) is 37.4 Å². The molecular weight excluding hydrogens is 274 g/mol. The zero-order valence-electron chi connectivity index (χ0n) is 13.0. The molecular formula is C18H23N3O. The molecule has 1 aliphatic rings. The fourth-order valence-corrected chi connectivity index (χ4v) is 3.31. The standard InChI is InChI=1S/C18H23N3O/c1-18(19)9-5-4-7-15(18)17(22)21-12-13-10-14-6-2-3-8-16(14)20-11-13/h2-3,6,8,10-11,15H,4-5,7,9,12,19H2,1H3,(H,21,22). The number of rotatable bonds is 3. The predicted octanol–water partition coefficient (Wildman–Crippen LogP) is 2.76. The van der Waals surface area contributed by atoms with Crippen LogP contribution in [0.5, 0.6) is 0 Å². The lowest BCUT2D eigenvalue weighted by atomic mass is 9.74. The second kappa shape index (κ2) is 6.05. The van der Waals surface area contributed by atoms with Gasteiger partial charge in [0, 0.05) is 23.7 Å². The maximum Gasteiger partial charge on any atom is 0.225 e. The first-order valence-corrected chi connectivity index (χ1v) is 7.96. The Balaban J connectivity index is 1.66. The molecule has 2 unspecified atom stereocenters. The van der Waals surface area contributed by atoms with Crippen LogP contribution in [0.3, 0.4) is 0 Å². The molecule has 1 saturated carbocycles. The van der Waals surface area contributed by atoms with Crippen molar-refractivity contribution in [3.8, 4) is 0 Å². The third-order valence-electron chi connectivity index (χ3n) is 4.68. The summed E-state index contributed by atoms with van der Waals surface area (Å²) in [5, 5.41) is 4.12. The van der Waals surface area contributed by atoms with Crippen molar-refractivity contribution in [1.82, 2.24) is 10.3 Å². The molecule has 1 aliphatic carbocycles. The first-order chi connectivity index (χ1) is 10.6. The zero-order valence-corrected chi connectivity index (χ0v) is 13.0. The molecule has 22 heavy (non-hydrogen) atoms. The Morgan fingerprint density at radius 2 is 2.23 bits per heavy atom. The van der Waals surface area contributed by atoms with E-state index in [0.717, 1.165) is 42.1 Å². The maximum absolute atomic E-state index is 12.4.